The first-order chi connectivity index (χ1) is 8.15. The lowest BCUT2D eigenvalue weighted by Gasteiger charge is -2.21. The lowest BCUT2D eigenvalue weighted by atomic mass is 9.89. The molecule has 1 fully saturated rings. The van der Waals surface area contributed by atoms with Crippen LogP contribution >= 0.6 is 15.9 Å². The number of halogens is 1. The van der Waals surface area contributed by atoms with Gasteiger partial charge in [0.1, 0.15) is 0 Å². The van der Waals surface area contributed by atoms with E-state index in [1.807, 2.05) is 0 Å². The molecule has 0 spiro atoms. The number of unbranched alkanes of at least 4 members (excludes halogenated alkanes) is 2. The third-order valence-corrected chi connectivity index (χ3v) is 4.42. The van der Waals surface area contributed by atoms with E-state index in [4.69, 9.17) is 0 Å². The molecule has 0 N–H and O–H groups in total. The van der Waals surface area contributed by atoms with Gasteiger partial charge in [0.05, 0.1) is 0 Å². The summed E-state index contributed by atoms with van der Waals surface area (Å²) in [6.45, 7) is 6.51. The molecule has 2 nitrogen and oxygen atoms in total. The second-order valence-electron chi connectivity index (χ2n) is 5.46. The molecule has 0 aromatic carbocycles. The van der Waals surface area contributed by atoms with Crippen molar-refractivity contribution in [2.24, 2.45) is 11.8 Å². The SMILES string of the molecule is CC(C)C1CCC(=O)N(CCCCCBr)CC1. The third kappa shape index (κ3) is 5.41. The highest BCUT2D eigenvalue weighted by atomic mass is 79.9. The van der Waals surface area contributed by atoms with Gasteiger partial charge in [0.25, 0.3) is 0 Å². The minimum Gasteiger partial charge on any atom is -0.343 e. The predicted molar refractivity (Wildman–Crippen MR) is 76.4 cm³/mol. The van der Waals surface area contributed by atoms with Crippen LogP contribution in [0.25, 0.3) is 0 Å². The van der Waals surface area contributed by atoms with Gasteiger partial charge < -0.3 is 4.90 Å². The van der Waals surface area contributed by atoms with Crippen molar-refractivity contribution in [2.45, 2.75) is 52.4 Å². The van der Waals surface area contributed by atoms with E-state index < -0.39 is 0 Å². The lowest BCUT2D eigenvalue weighted by molar-refractivity contribution is -0.130. The summed E-state index contributed by atoms with van der Waals surface area (Å²) in [4.78, 5) is 14.1. The molecule has 1 atom stereocenters. The zero-order valence-corrected chi connectivity index (χ0v) is 12.8. The van der Waals surface area contributed by atoms with Gasteiger partial charge in [-0.05, 0) is 37.5 Å². The smallest absolute Gasteiger partial charge is 0.222 e. The van der Waals surface area contributed by atoms with Crippen molar-refractivity contribution in [3.8, 4) is 0 Å². The van der Waals surface area contributed by atoms with Crippen LogP contribution in [-0.4, -0.2) is 29.2 Å². The molecule has 17 heavy (non-hydrogen) atoms. The number of nitrogens with zero attached hydrogens (tertiary/aromatic N) is 1. The number of hydrogen-bond donors (Lipinski definition) is 0. The molecule has 1 saturated heterocycles. The molecule has 1 heterocycles. The highest BCUT2D eigenvalue weighted by Crippen LogP contribution is 2.25. The Kier molecular flexibility index (Phi) is 7.17. The van der Waals surface area contributed by atoms with Crippen molar-refractivity contribution in [1.29, 1.82) is 0 Å². The molecule has 0 aromatic rings. The zero-order valence-electron chi connectivity index (χ0n) is 11.3. The van der Waals surface area contributed by atoms with Gasteiger partial charge in [0, 0.05) is 24.8 Å². The summed E-state index contributed by atoms with van der Waals surface area (Å²) < 4.78 is 0. The number of rotatable bonds is 6. The van der Waals surface area contributed by atoms with Crippen LogP contribution in [-0.2, 0) is 4.79 Å². The Balaban J connectivity index is 2.32. The molecule has 1 amide bonds. The molecule has 0 bridgehead atoms. The zero-order chi connectivity index (χ0) is 12.7. The monoisotopic (exact) mass is 303 g/mol. The molecular formula is C14H26BrNO. The highest BCUT2D eigenvalue weighted by Gasteiger charge is 2.23. The average Bonchev–Trinajstić information content (AvgIpc) is 2.48. The Hall–Kier alpha value is -0.0500. The van der Waals surface area contributed by atoms with E-state index in [0.29, 0.717) is 5.91 Å². The van der Waals surface area contributed by atoms with Gasteiger partial charge in [-0.3, -0.25) is 4.79 Å². The predicted octanol–water partition coefficient (Wildman–Crippen LogP) is 3.84. The fourth-order valence-electron chi connectivity index (χ4n) is 2.53. The van der Waals surface area contributed by atoms with Gasteiger partial charge in [0.2, 0.25) is 5.91 Å². The molecule has 1 aliphatic rings. The van der Waals surface area contributed by atoms with Crippen LogP contribution in [0.1, 0.15) is 52.4 Å². The van der Waals surface area contributed by atoms with Crippen molar-refractivity contribution in [3.63, 3.8) is 0 Å². The number of carbonyl (C=O) groups excluding carboxylic acids is 1. The first-order valence-electron chi connectivity index (χ1n) is 6.99. The summed E-state index contributed by atoms with van der Waals surface area (Å²) in [5.74, 6) is 1.84. The first-order valence-corrected chi connectivity index (χ1v) is 8.11. The summed E-state index contributed by atoms with van der Waals surface area (Å²) in [7, 11) is 0. The Labute approximate surface area is 114 Å². The summed E-state index contributed by atoms with van der Waals surface area (Å²) in [6.07, 6.45) is 6.65. The number of likely N-dealkylation sites (tertiary alicyclic amines) is 1. The topological polar surface area (TPSA) is 20.3 Å². The normalized spacial score (nSPS) is 22.0. The van der Waals surface area contributed by atoms with Gasteiger partial charge in [0.15, 0.2) is 0 Å². The van der Waals surface area contributed by atoms with Gasteiger partial charge >= 0.3 is 0 Å². The van der Waals surface area contributed by atoms with Gasteiger partial charge in [-0.2, -0.15) is 0 Å². The van der Waals surface area contributed by atoms with Gasteiger partial charge in [-0.1, -0.05) is 36.2 Å². The Morgan fingerprint density at radius 1 is 1.29 bits per heavy atom. The minimum atomic E-state index is 0.381. The van der Waals surface area contributed by atoms with Crippen LogP contribution in [0.4, 0.5) is 0 Å². The van der Waals surface area contributed by atoms with E-state index in [0.717, 1.165) is 49.5 Å². The van der Waals surface area contributed by atoms with E-state index in [9.17, 15) is 4.79 Å². The maximum absolute atomic E-state index is 12.0. The maximum atomic E-state index is 12.0. The molecule has 1 aliphatic heterocycles. The Morgan fingerprint density at radius 2 is 2.06 bits per heavy atom. The molecule has 0 aromatic heterocycles. The van der Waals surface area contributed by atoms with Crippen molar-refractivity contribution in [2.75, 3.05) is 18.4 Å². The molecule has 0 saturated carbocycles. The van der Waals surface area contributed by atoms with E-state index in [2.05, 4.69) is 34.7 Å². The van der Waals surface area contributed by atoms with Crippen molar-refractivity contribution >= 4 is 21.8 Å². The maximum Gasteiger partial charge on any atom is 0.222 e. The number of hydrogen-bond acceptors (Lipinski definition) is 1. The fourth-order valence-corrected chi connectivity index (χ4v) is 2.93. The lowest BCUT2D eigenvalue weighted by Crippen LogP contribution is -2.31. The first kappa shape index (κ1) is 15.0. The average molecular weight is 304 g/mol. The van der Waals surface area contributed by atoms with Crippen LogP contribution in [0.3, 0.4) is 0 Å². The fraction of sp³-hybridized carbons (Fsp3) is 0.929. The van der Waals surface area contributed by atoms with E-state index in [-0.39, 0.29) is 0 Å². The number of carbonyl (C=O) groups is 1. The van der Waals surface area contributed by atoms with Crippen molar-refractivity contribution < 1.29 is 4.79 Å². The van der Waals surface area contributed by atoms with E-state index in [1.165, 1.54) is 19.3 Å². The third-order valence-electron chi connectivity index (χ3n) is 3.86. The summed E-state index contributed by atoms with van der Waals surface area (Å²) in [6, 6.07) is 0. The van der Waals surface area contributed by atoms with Crippen LogP contribution in [0.2, 0.25) is 0 Å². The molecule has 1 rings (SSSR count). The quantitative estimate of drug-likeness (QED) is 0.539. The van der Waals surface area contributed by atoms with E-state index in [1.54, 1.807) is 0 Å². The summed E-state index contributed by atoms with van der Waals surface area (Å²) in [5.41, 5.74) is 0. The highest BCUT2D eigenvalue weighted by molar-refractivity contribution is 9.09. The second kappa shape index (κ2) is 8.12. The summed E-state index contributed by atoms with van der Waals surface area (Å²) in [5, 5.41) is 1.08. The Bertz CT molecular complexity index is 230. The standard InChI is InChI=1S/C14H26BrNO/c1-12(2)13-6-7-14(17)16(11-8-13)10-5-3-4-9-15/h12-13H,3-11H2,1-2H3. The van der Waals surface area contributed by atoms with Crippen LogP contribution in [0.15, 0.2) is 0 Å². The van der Waals surface area contributed by atoms with Gasteiger partial charge in [-0.15, -0.1) is 0 Å². The van der Waals surface area contributed by atoms with E-state index >= 15 is 0 Å². The molecule has 0 aliphatic carbocycles. The van der Waals surface area contributed by atoms with Crippen LogP contribution in [0, 0.1) is 11.8 Å². The second-order valence-corrected chi connectivity index (χ2v) is 6.25. The molecular weight excluding hydrogens is 278 g/mol. The molecule has 100 valence electrons. The minimum absolute atomic E-state index is 0.381. The Morgan fingerprint density at radius 3 is 2.71 bits per heavy atom. The van der Waals surface area contributed by atoms with Crippen LogP contribution < -0.4 is 0 Å². The number of alkyl halides is 1. The van der Waals surface area contributed by atoms with Crippen molar-refractivity contribution in [3.05, 3.63) is 0 Å². The van der Waals surface area contributed by atoms with Crippen molar-refractivity contribution in [1.82, 2.24) is 4.90 Å². The number of amides is 1. The largest absolute Gasteiger partial charge is 0.343 e. The summed E-state index contributed by atoms with van der Waals surface area (Å²) >= 11 is 3.44. The molecule has 0 radical (unpaired) electrons. The molecule has 1 unspecified atom stereocenters. The molecule has 3 heteroatoms. The van der Waals surface area contributed by atoms with Crippen LogP contribution in [0.5, 0.6) is 0 Å². The van der Waals surface area contributed by atoms with Gasteiger partial charge in [-0.25, -0.2) is 0 Å².